The molecule has 3 heteroatoms. The third-order valence-electron chi connectivity index (χ3n) is 2.88. The maximum absolute atomic E-state index is 6.26. The maximum atomic E-state index is 6.26. The highest BCUT2D eigenvalue weighted by Gasteiger charge is 2.09. The van der Waals surface area contributed by atoms with E-state index in [1.807, 2.05) is 18.2 Å². The Morgan fingerprint density at radius 3 is 2.18 bits per heavy atom. The van der Waals surface area contributed by atoms with Crippen LogP contribution in [0, 0.1) is 0 Å². The van der Waals surface area contributed by atoms with Gasteiger partial charge in [0.2, 0.25) is 0 Å². The van der Waals surface area contributed by atoms with Gasteiger partial charge >= 0.3 is 0 Å². The van der Waals surface area contributed by atoms with Crippen molar-refractivity contribution in [1.29, 1.82) is 0 Å². The molecule has 0 atom stereocenters. The number of rotatable bonds is 7. The minimum absolute atomic E-state index is 0.727. The molecule has 17 heavy (non-hydrogen) atoms. The van der Waals surface area contributed by atoms with Gasteiger partial charge in [0, 0.05) is 18.8 Å². The van der Waals surface area contributed by atoms with Gasteiger partial charge in [0.15, 0.2) is 0 Å². The lowest BCUT2D eigenvalue weighted by Gasteiger charge is -2.25. The zero-order valence-corrected chi connectivity index (χ0v) is 11.6. The first-order valence-corrected chi connectivity index (χ1v) is 6.86. The third kappa shape index (κ3) is 4.47. The summed E-state index contributed by atoms with van der Waals surface area (Å²) in [6.45, 7) is 6.56. The highest BCUT2D eigenvalue weighted by Crippen LogP contribution is 2.28. The van der Waals surface area contributed by atoms with Crippen molar-refractivity contribution in [3.05, 3.63) is 23.2 Å². The molecule has 0 heterocycles. The SMILES string of the molecule is CCCCN(CCCC)c1ccc(N)cc1Cl. The van der Waals surface area contributed by atoms with Gasteiger partial charge in [0.05, 0.1) is 10.7 Å². The molecule has 0 unspecified atom stereocenters. The lowest BCUT2D eigenvalue weighted by atomic mass is 10.2. The smallest absolute Gasteiger partial charge is 0.0660 e. The molecule has 0 amide bonds. The van der Waals surface area contributed by atoms with E-state index >= 15 is 0 Å². The van der Waals surface area contributed by atoms with E-state index in [0.29, 0.717) is 0 Å². The predicted molar refractivity (Wildman–Crippen MR) is 77.9 cm³/mol. The van der Waals surface area contributed by atoms with Gasteiger partial charge in [-0.05, 0) is 31.0 Å². The summed E-state index contributed by atoms with van der Waals surface area (Å²) in [6, 6.07) is 5.79. The van der Waals surface area contributed by atoms with E-state index in [4.69, 9.17) is 17.3 Å². The minimum atomic E-state index is 0.727. The van der Waals surface area contributed by atoms with Crippen LogP contribution >= 0.6 is 11.6 Å². The van der Waals surface area contributed by atoms with Crippen LogP contribution in [0.15, 0.2) is 18.2 Å². The van der Waals surface area contributed by atoms with Gasteiger partial charge in [0.1, 0.15) is 0 Å². The van der Waals surface area contributed by atoms with Crippen molar-refractivity contribution in [1.82, 2.24) is 0 Å². The Hall–Kier alpha value is -0.890. The minimum Gasteiger partial charge on any atom is -0.399 e. The second kappa shape index (κ2) is 7.44. The molecule has 0 aliphatic carbocycles. The second-order valence-corrected chi connectivity index (χ2v) is 4.81. The highest BCUT2D eigenvalue weighted by atomic mass is 35.5. The van der Waals surface area contributed by atoms with Crippen LogP contribution in [0.3, 0.4) is 0 Å². The summed E-state index contributed by atoms with van der Waals surface area (Å²) in [7, 11) is 0. The normalized spacial score (nSPS) is 10.5. The van der Waals surface area contributed by atoms with Crippen molar-refractivity contribution in [3.8, 4) is 0 Å². The van der Waals surface area contributed by atoms with E-state index in [9.17, 15) is 0 Å². The van der Waals surface area contributed by atoms with Crippen molar-refractivity contribution in [2.75, 3.05) is 23.7 Å². The first-order chi connectivity index (χ1) is 8.19. The zero-order chi connectivity index (χ0) is 12.7. The monoisotopic (exact) mass is 254 g/mol. The molecule has 0 aliphatic heterocycles. The molecule has 0 bridgehead atoms. The van der Waals surface area contributed by atoms with Crippen LogP contribution in [-0.2, 0) is 0 Å². The zero-order valence-electron chi connectivity index (χ0n) is 10.9. The lowest BCUT2D eigenvalue weighted by Crippen LogP contribution is -2.25. The molecule has 2 N–H and O–H groups in total. The summed E-state index contributed by atoms with van der Waals surface area (Å²) in [5, 5.41) is 0.761. The summed E-state index contributed by atoms with van der Waals surface area (Å²) < 4.78 is 0. The molecule has 0 spiro atoms. The molecule has 1 aromatic rings. The summed E-state index contributed by atoms with van der Waals surface area (Å²) >= 11 is 6.26. The van der Waals surface area contributed by atoms with Gasteiger partial charge in [-0.1, -0.05) is 38.3 Å². The van der Waals surface area contributed by atoms with Crippen molar-refractivity contribution in [2.45, 2.75) is 39.5 Å². The average molecular weight is 255 g/mol. The summed E-state index contributed by atoms with van der Waals surface area (Å²) in [6.07, 6.45) is 4.80. The summed E-state index contributed by atoms with van der Waals surface area (Å²) in [5.41, 5.74) is 7.57. The Labute approximate surface area is 110 Å². The molecular formula is C14H23ClN2. The number of hydrogen-bond acceptors (Lipinski definition) is 2. The fraction of sp³-hybridized carbons (Fsp3) is 0.571. The van der Waals surface area contributed by atoms with Gasteiger partial charge in [-0.3, -0.25) is 0 Å². The van der Waals surface area contributed by atoms with E-state index in [-0.39, 0.29) is 0 Å². The van der Waals surface area contributed by atoms with Crippen LogP contribution in [0.25, 0.3) is 0 Å². The van der Waals surface area contributed by atoms with Crippen LogP contribution in [0.4, 0.5) is 11.4 Å². The molecule has 0 fully saturated rings. The average Bonchev–Trinajstić information content (AvgIpc) is 2.30. The quantitative estimate of drug-likeness (QED) is 0.734. The molecule has 1 aromatic carbocycles. The number of nitrogen functional groups attached to an aromatic ring is 1. The Morgan fingerprint density at radius 1 is 1.12 bits per heavy atom. The fourth-order valence-electron chi connectivity index (χ4n) is 1.83. The Kier molecular flexibility index (Phi) is 6.20. The molecule has 2 nitrogen and oxygen atoms in total. The van der Waals surface area contributed by atoms with E-state index in [1.165, 1.54) is 25.7 Å². The van der Waals surface area contributed by atoms with E-state index < -0.39 is 0 Å². The topological polar surface area (TPSA) is 29.3 Å². The van der Waals surface area contributed by atoms with Crippen molar-refractivity contribution in [2.24, 2.45) is 0 Å². The summed E-state index contributed by atoms with van der Waals surface area (Å²) in [5.74, 6) is 0. The number of nitrogens with zero attached hydrogens (tertiary/aromatic N) is 1. The number of nitrogens with two attached hydrogens (primary N) is 1. The number of halogens is 1. The molecular weight excluding hydrogens is 232 g/mol. The summed E-state index contributed by atoms with van der Waals surface area (Å²) in [4.78, 5) is 2.37. The lowest BCUT2D eigenvalue weighted by molar-refractivity contribution is 0.678. The molecule has 0 aromatic heterocycles. The molecule has 0 radical (unpaired) electrons. The number of anilines is 2. The maximum Gasteiger partial charge on any atom is 0.0660 e. The third-order valence-corrected chi connectivity index (χ3v) is 3.18. The van der Waals surface area contributed by atoms with Gasteiger partial charge < -0.3 is 10.6 Å². The van der Waals surface area contributed by atoms with Crippen molar-refractivity contribution < 1.29 is 0 Å². The molecule has 1 rings (SSSR count). The molecule has 0 saturated carbocycles. The van der Waals surface area contributed by atoms with Crippen molar-refractivity contribution in [3.63, 3.8) is 0 Å². The van der Waals surface area contributed by atoms with Gasteiger partial charge in [-0.2, -0.15) is 0 Å². The van der Waals surface area contributed by atoms with Gasteiger partial charge in [-0.25, -0.2) is 0 Å². The van der Waals surface area contributed by atoms with Crippen LogP contribution < -0.4 is 10.6 Å². The standard InChI is InChI=1S/C14H23ClN2/c1-3-5-9-17(10-6-4-2)14-8-7-12(16)11-13(14)15/h7-8,11H,3-6,9-10,16H2,1-2H3. The first kappa shape index (κ1) is 14.2. The van der Waals surface area contributed by atoms with Crippen LogP contribution in [0.1, 0.15) is 39.5 Å². The van der Waals surface area contributed by atoms with E-state index in [1.54, 1.807) is 0 Å². The van der Waals surface area contributed by atoms with E-state index in [0.717, 1.165) is 29.5 Å². The predicted octanol–water partition coefficient (Wildman–Crippen LogP) is 4.33. The largest absolute Gasteiger partial charge is 0.399 e. The van der Waals surface area contributed by atoms with Crippen LogP contribution in [0.5, 0.6) is 0 Å². The Bertz CT molecular complexity index is 331. The number of unbranched alkanes of at least 4 members (excludes halogenated alkanes) is 2. The van der Waals surface area contributed by atoms with Crippen LogP contribution in [-0.4, -0.2) is 13.1 Å². The first-order valence-electron chi connectivity index (χ1n) is 6.49. The number of benzene rings is 1. The highest BCUT2D eigenvalue weighted by molar-refractivity contribution is 6.33. The number of hydrogen-bond donors (Lipinski definition) is 1. The molecule has 0 saturated heterocycles. The Balaban J connectivity index is 2.79. The molecule has 0 aliphatic rings. The Morgan fingerprint density at radius 2 is 1.71 bits per heavy atom. The van der Waals surface area contributed by atoms with Crippen LogP contribution in [0.2, 0.25) is 5.02 Å². The van der Waals surface area contributed by atoms with Gasteiger partial charge in [-0.15, -0.1) is 0 Å². The van der Waals surface area contributed by atoms with E-state index in [2.05, 4.69) is 18.7 Å². The van der Waals surface area contributed by atoms with Gasteiger partial charge in [0.25, 0.3) is 0 Å². The second-order valence-electron chi connectivity index (χ2n) is 4.41. The molecule has 96 valence electrons. The fourth-order valence-corrected chi connectivity index (χ4v) is 2.14. The van der Waals surface area contributed by atoms with Crippen molar-refractivity contribution >= 4 is 23.0 Å².